The number of H-pyrrole nitrogens is 1. The molecule has 4 rings (SSSR count). The van der Waals surface area contributed by atoms with E-state index in [-0.39, 0.29) is 23.2 Å². The number of para-hydroxylation sites is 2. The number of aryl methyl sites for hydroxylation is 1. The third kappa shape index (κ3) is 3.82. The summed E-state index contributed by atoms with van der Waals surface area (Å²) in [5.41, 5.74) is 1.84. The van der Waals surface area contributed by atoms with E-state index in [1.54, 1.807) is 36.0 Å². The van der Waals surface area contributed by atoms with E-state index in [1.807, 2.05) is 37.4 Å². The number of rotatable bonds is 7. The van der Waals surface area contributed by atoms with Gasteiger partial charge in [0.15, 0.2) is 5.69 Å². The predicted octanol–water partition coefficient (Wildman–Crippen LogP) is 3.52. The maximum Gasteiger partial charge on any atom is 0.274 e. The molecular weight excluding hydrogens is 398 g/mol. The van der Waals surface area contributed by atoms with Crippen molar-refractivity contribution in [2.45, 2.75) is 25.9 Å². The van der Waals surface area contributed by atoms with Crippen LogP contribution >= 0.6 is 11.8 Å². The molecule has 2 aromatic carbocycles. The van der Waals surface area contributed by atoms with Gasteiger partial charge in [-0.15, -0.1) is 0 Å². The third-order valence-electron chi connectivity index (χ3n) is 5.04. The van der Waals surface area contributed by atoms with Crippen molar-refractivity contribution in [2.24, 2.45) is 0 Å². The van der Waals surface area contributed by atoms with Crippen LogP contribution in [0.3, 0.4) is 0 Å². The van der Waals surface area contributed by atoms with E-state index >= 15 is 0 Å². The Bertz CT molecular complexity index is 1230. The van der Waals surface area contributed by atoms with Gasteiger partial charge in [0.2, 0.25) is 0 Å². The van der Waals surface area contributed by atoms with Crippen molar-refractivity contribution in [3.8, 4) is 0 Å². The maximum atomic E-state index is 13.3. The molecule has 0 unspecified atom stereocenters. The number of carbonyl (C=O) groups is 1. The first kappa shape index (κ1) is 20.2. The predicted molar refractivity (Wildman–Crippen MR) is 121 cm³/mol. The molecule has 4 aromatic rings. The molecule has 1 amide bonds. The van der Waals surface area contributed by atoms with Crippen LogP contribution in [0.15, 0.2) is 53.3 Å². The number of fused-ring (bicyclic) bond motifs is 2. The second-order valence-electron chi connectivity index (χ2n) is 6.96. The Morgan fingerprint density at radius 2 is 1.90 bits per heavy atom. The fourth-order valence-electron chi connectivity index (χ4n) is 3.49. The molecule has 7 nitrogen and oxygen atoms in total. The normalized spacial score (nSPS) is 12.3. The lowest BCUT2D eigenvalue weighted by atomic mass is 10.1. The number of hydrogen-bond acceptors (Lipinski definition) is 5. The number of aromatic nitrogens is 4. The van der Waals surface area contributed by atoms with E-state index in [0.717, 1.165) is 23.2 Å². The number of aromatic amines is 1. The first-order chi connectivity index (χ1) is 14.6. The Labute approximate surface area is 177 Å². The summed E-state index contributed by atoms with van der Waals surface area (Å²) in [6.07, 6.45) is 2.75. The molecule has 2 heterocycles. The maximum absolute atomic E-state index is 13.3. The van der Waals surface area contributed by atoms with Gasteiger partial charge in [0.05, 0.1) is 22.5 Å². The van der Waals surface area contributed by atoms with Crippen LogP contribution in [0, 0.1) is 0 Å². The monoisotopic (exact) mass is 421 g/mol. The lowest BCUT2D eigenvalue weighted by Crippen LogP contribution is -2.33. The molecule has 0 aliphatic heterocycles. The molecule has 2 N–H and O–H groups in total. The average molecular weight is 422 g/mol. The summed E-state index contributed by atoms with van der Waals surface area (Å²) in [6, 6.07) is 14.6. The van der Waals surface area contributed by atoms with Crippen molar-refractivity contribution in [3.63, 3.8) is 0 Å². The molecule has 0 saturated carbocycles. The SMILES string of the molecule is CCn1nc(C(=O)N[C@@H](CCSC)c2nc3ccccc3[nH]2)c2ccccc2c1=O. The zero-order valence-corrected chi connectivity index (χ0v) is 17.7. The highest BCUT2D eigenvalue weighted by molar-refractivity contribution is 7.98. The Morgan fingerprint density at radius 3 is 2.63 bits per heavy atom. The Hall–Kier alpha value is -3.13. The number of hydrogen-bond donors (Lipinski definition) is 2. The third-order valence-corrected chi connectivity index (χ3v) is 5.68. The van der Waals surface area contributed by atoms with Crippen LogP contribution in [0.4, 0.5) is 0 Å². The quantitative estimate of drug-likeness (QED) is 0.476. The molecule has 0 radical (unpaired) electrons. The largest absolute Gasteiger partial charge is 0.341 e. The number of carbonyl (C=O) groups excluding carboxylic acids is 1. The topological polar surface area (TPSA) is 92.7 Å². The average Bonchev–Trinajstić information content (AvgIpc) is 3.21. The molecule has 1 atom stereocenters. The molecular formula is C22H23N5O2S. The molecule has 0 spiro atoms. The fraction of sp³-hybridized carbons (Fsp3) is 0.273. The number of nitrogens with zero attached hydrogens (tertiary/aromatic N) is 3. The lowest BCUT2D eigenvalue weighted by Gasteiger charge is -2.17. The second kappa shape index (κ2) is 8.71. The Morgan fingerprint density at radius 1 is 1.17 bits per heavy atom. The van der Waals surface area contributed by atoms with Crippen molar-refractivity contribution < 1.29 is 4.79 Å². The summed E-state index contributed by atoms with van der Waals surface area (Å²) < 4.78 is 1.33. The van der Waals surface area contributed by atoms with Crippen LogP contribution in [0.2, 0.25) is 0 Å². The van der Waals surface area contributed by atoms with Crippen molar-refractivity contribution in [1.29, 1.82) is 0 Å². The van der Waals surface area contributed by atoms with Gasteiger partial charge in [-0.2, -0.15) is 16.9 Å². The molecule has 30 heavy (non-hydrogen) atoms. The summed E-state index contributed by atoms with van der Waals surface area (Å²) in [7, 11) is 0. The molecule has 2 aromatic heterocycles. The smallest absolute Gasteiger partial charge is 0.274 e. The number of nitrogens with one attached hydrogen (secondary N) is 2. The van der Waals surface area contributed by atoms with Crippen LogP contribution < -0.4 is 10.9 Å². The molecule has 154 valence electrons. The van der Waals surface area contributed by atoms with Gasteiger partial charge >= 0.3 is 0 Å². The van der Waals surface area contributed by atoms with Crippen molar-refractivity contribution >= 4 is 39.5 Å². The number of thioether (sulfide) groups is 1. The van der Waals surface area contributed by atoms with Gasteiger partial charge in [-0.25, -0.2) is 9.67 Å². The standard InChI is InChI=1S/C22H23N5O2S/c1-3-27-22(29)15-9-5-4-8-14(15)19(26-27)21(28)25-18(12-13-30-2)20-23-16-10-6-7-11-17(16)24-20/h4-11,18H,3,12-13H2,1-2H3,(H,23,24)(H,25,28)/t18-/m0/s1. The van der Waals surface area contributed by atoms with E-state index in [1.165, 1.54) is 4.68 Å². The zero-order valence-electron chi connectivity index (χ0n) is 16.9. The van der Waals surface area contributed by atoms with Crippen molar-refractivity contribution in [1.82, 2.24) is 25.1 Å². The highest BCUT2D eigenvalue weighted by atomic mass is 32.2. The highest BCUT2D eigenvalue weighted by Crippen LogP contribution is 2.21. The molecule has 0 aliphatic carbocycles. The van der Waals surface area contributed by atoms with Crippen LogP contribution in [-0.4, -0.2) is 37.7 Å². The van der Waals surface area contributed by atoms with Crippen molar-refractivity contribution in [2.75, 3.05) is 12.0 Å². The Balaban J connectivity index is 1.72. The molecule has 8 heteroatoms. The van der Waals surface area contributed by atoms with E-state index in [9.17, 15) is 9.59 Å². The summed E-state index contributed by atoms with van der Waals surface area (Å²) in [6.45, 7) is 2.23. The summed E-state index contributed by atoms with van der Waals surface area (Å²) in [5, 5.41) is 8.47. The van der Waals surface area contributed by atoms with E-state index in [0.29, 0.717) is 23.1 Å². The minimum atomic E-state index is -0.319. The van der Waals surface area contributed by atoms with E-state index in [4.69, 9.17) is 0 Å². The van der Waals surface area contributed by atoms with Gasteiger partial charge in [-0.1, -0.05) is 30.3 Å². The highest BCUT2D eigenvalue weighted by Gasteiger charge is 2.22. The van der Waals surface area contributed by atoms with Crippen LogP contribution in [-0.2, 0) is 6.54 Å². The summed E-state index contributed by atoms with van der Waals surface area (Å²) in [5.74, 6) is 1.26. The van der Waals surface area contributed by atoms with Gasteiger partial charge in [-0.05, 0) is 43.6 Å². The number of benzene rings is 2. The Kier molecular flexibility index (Phi) is 5.85. The lowest BCUT2D eigenvalue weighted by molar-refractivity contribution is 0.0928. The van der Waals surface area contributed by atoms with Crippen LogP contribution in [0.5, 0.6) is 0 Å². The van der Waals surface area contributed by atoms with Gasteiger partial charge in [0.1, 0.15) is 5.82 Å². The first-order valence-electron chi connectivity index (χ1n) is 9.86. The van der Waals surface area contributed by atoms with E-state index in [2.05, 4.69) is 20.4 Å². The van der Waals surface area contributed by atoms with E-state index < -0.39 is 0 Å². The molecule has 0 bridgehead atoms. The molecule has 0 fully saturated rings. The fourth-order valence-corrected chi connectivity index (χ4v) is 3.97. The minimum Gasteiger partial charge on any atom is -0.341 e. The molecule has 0 aliphatic rings. The number of amides is 1. The van der Waals surface area contributed by atoms with Crippen LogP contribution in [0.25, 0.3) is 21.8 Å². The van der Waals surface area contributed by atoms with Gasteiger partial charge in [0.25, 0.3) is 11.5 Å². The first-order valence-corrected chi connectivity index (χ1v) is 11.3. The summed E-state index contributed by atoms with van der Waals surface area (Å²) in [4.78, 5) is 33.8. The number of imidazole rings is 1. The minimum absolute atomic E-state index is 0.194. The van der Waals surface area contributed by atoms with Gasteiger partial charge in [0, 0.05) is 11.9 Å². The van der Waals surface area contributed by atoms with Crippen LogP contribution in [0.1, 0.15) is 35.7 Å². The van der Waals surface area contributed by atoms with Gasteiger partial charge in [-0.3, -0.25) is 9.59 Å². The second-order valence-corrected chi connectivity index (χ2v) is 7.95. The summed E-state index contributed by atoms with van der Waals surface area (Å²) >= 11 is 1.71. The molecule has 0 saturated heterocycles. The zero-order chi connectivity index (χ0) is 21.1. The van der Waals surface area contributed by atoms with Crippen molar-refractivity contribution in [3.05, 3.63) is 70.4 Å². The van der Waals surface area contributed by atoms with Gasteiger partial charge < -0.3 is 10.3 Å².